The van der Waals surface area contributed by atoms with Crippen LogP contribution in [0.1, 0.15) is 65.7 Å². The maximum Gasteiger partial charge on any atom is -0.0355 e. The van der Waals surface area contributed by atoms with Gasteiger partial charge in [-0.2, -0.15) is 0 Å². The quantitative estimate of drug-likeness (QED) is 0.466. The van der Waals surface area contributed by atoms with E-state index in [1.165, 1.54) is 44.9 Å². The number of rotatable bonds is 8. The summed E-state index contributed by atoms with van der Waals surface area (Å²) < 4.78 is 0. The van der Waals surface area contributed by atoms with Gasteiger partial charge in [-0.3, -0.25) is 0 Å². The van der Waals surface area contributed by atoms with Crippen LogP contribution in [0.25, 0.3) is 0 Å². The molecule has 0 heterocycles. The van der Waals surface area contributed by atoms with Crippen LogP contribution in [0.15, 0.2) is 0 Å². The highest BCUT2D eigenvalue weighted by Gasteiger charge is 2.05. The topological polar surface area (TPSA) is 0 Å². The van der Waals surface area contributed by atoms with Crippen molar-refractivity contribution in [2.75, 3.05) is 0 Å². The van der Waals surface area contributed by atoms with Crippen LogP contribution in [0.5, 0.6) is 0 Å². The molecule has 0 aliphatic heterocycles. The highest BCUT2D eigenvalue weighted by atomic mass is 14.1. The molecular weight excluding hydrogens is 144 g/mol. The lowest BCUT2D eigenvalue weighted by Gasteiger charge is -2.13. The van der Waals surface area contributed by atoms with E-state index >= 15 is 0 Å². The summed E-state index contributed by atoms with van der Waals surface area (Å²) in [5.74, 6) is 0.909. The standard InChI is InChI=1S/C12H25/c1-4-7-8-11-12(9-5-2)10-6-3/h11-12H,4-10H2,1-3H3. The molecule has 73 valence electrons. The van der Waals surface area contributed by atoms with Gasteiger partial charge in [0.15, 0.2) is 0 Å². The van der Waals surface area contributed by atoms with Gasteiger partial charge in [-0.15, -0.1) is 0 Å². The predicted molar refractivity (Wildman–Crippen MR) is 57.1 cm³/mol. The van der Waals surface area contributed by atoms with Gasteiger partial charge < -0.3 is 0 Å². The van der Waals surface area contributed by atoms with Crippen LogP contribution in [0.3, 0.4) is 0 Å². The Labute approximate surface area is 78.8 Å². The van der Waals surface area contributed by atoms with Crippen LogP contribution in [0, 0.1) is 12.3 Å². The zero-order valence-corrected chi connectivity index (χ0v) is 9.10. The van der Waals surface area contributed by atoms with Crippen molar-refractivity contribution >= 4 is 0 Å². The van der Waals surface area contributed by atoms with Gasteiger partial charge in [0.25, 0.3) is 0 Å². The van der Waals surface area contributed by atoms with Gasteiger partial charge in [-0.1, -0.05) is 59.3 Å². The van der Waals surface area contributed by atoms with E-state index in [0.717, 1.165) is 5.92 Å². The van der Waals surface area contributed by atoms with E-state index < -0.39 is 0 Å². The molecule has 1 radical (unpaired) electrons. The molecule has 0 unspecified atom stereocenters. The molecule has 0 amide bonds. The Morgan fingerprint density at radius 2 is 1.50 bits per heavy atom. The first-order chi connectivity index (χ1) is 5.85. The monoisotopic (exact) mass is 169 g/mol. The Morgan fingerprint density at radius 1 is 0.917 bits per heavy atom. The Hall–Kier alpha value is 0. The summed E-state index contributed by atoms with van der Waals surface area (Å²) >= 11 is 0. The second-order valence-electron chi connectivity index (χ2n) is 3.72. The zero-order valence-electron chi connectivity index (χ0n) is 9.10. The van der Waals surface area contributed by atoms with Crippen molar-refractivity contribution in [3.63, 3.8) is 0 Å². The molecule has 12 heavy (non-hydrogen) atoms. The van der Waals surface area contributed by atoms with Gasteiger partial charge in [0.1, 0.15) is 0 Å². The largest absolute Gasteiger partial charge is 0.0654 e. The predicted octanol–water partition coefficient (Wildman–Crippen LogP) is 4.60. The van der Waals surface area contributed by atoms with E-state index in [9.17, 15) is 0 Å². The van der Waals surface area contributed by atoms with E-state index in [-0.39, 0.29) is 0 Å². The summed E-state index contributed by atoms with van der Waals surface area (Å²) in [7, 11) is 0. The molecule has 0 heteroatoms. The molecular formula is C12H25. The van der Waals surface area contributed by atoms with Gasteiger partial charge in [0.2, 0.25) is 0 Å². The zero-order chi connectivity index (χ0) is 9.23. The summed E-state index contributed by atoms with van der Waals surface area (Å²) in [6, 6.07) is 0. The van der Waals surface area contributed by atoms with E-state index in [0.29, 0.717) is 0 Å². The van der Waals surface area contributed by atoms with Crippen LogP contribution >= 0.6 is 0 Å². The van der Waals surface area contributed by atoms with Gasteiger partial charge in [0, 0.05) is 0 Å². The Kier molecular flexibility index (Phi) is 9.09. The normalized spacial score (nSPS) is 11.0. The first kappa shape index (κ1) is 12.0. The summed E-state index contributed by atoms with van der Waals surface area (Å²) in [5.41, 5.74) is 0. The third-order valence-electron chi connectivity index (χ3n) is 2.38. The highest BCUT2D eigenvalue weighted by Crippen LogP contribution is 2.19. The summed E-state index contributed by atoms with van der Waals surface area (Å²) in [4.78, 5) is 0. The smallest absolute Gasteiger partial charge is 0.0355 e. The van der Waals surface area contributed by atoms with Crippen molar-refractivity contribution in [3.8, 4) is 0 Å². The molecule has 0 atom stereocenters. The highest BCUT2D eigenvalue weighted by molar-refractivity contribution is 4.75. The van der Waals surface area contributed by atoms with Gasteiger partial charge in [-0.05, 0) is 18.8 Å². The lowest BCUT2D eigenvalue weighted by Crippen LogP contribution is -2.00. The Morgan fingerprint density at radius 3 is 1.92 bits per heavy atom. The fourth-order valence-corrected chi connectivity index (χ4v) is 1.68. The SMILES string of the molecule is CCCC[CH]C(CCC)CCC. The van der Waals surface area contributed by atoms with Crippen molar-refractivity contribution in [1.82, 2.24) is 0 Å². The van der Waals surface area contributed by atoms with E-state index in [4.69, 9.17) is 0 Å². The Bertz CT molecular complexity index is 70.1. The van der Waals surface area contributed by atoms with Crippen LogP contribution in [0.2, 0.25) is 0 Å². The molecule has 0 saturated carbocycles. The molecule has 0 aromatic carbocycles. The van der Waals surface area contributed by atoms with Crippen molar-refractivity contribution < 1.29 is 0 Å². The first-order valence-corrected chi connectivity index (χ1v) is 5.68. The fourth-order valence-electron chi connectivity index (χ4n) is 1.68. The molecule has 0 nitrogen and oxygen atoms in total. The lowest BCUT2D eigenvalue weighted by atomic mass is 9.92. The third-order valence-corrected chi connectivity index (χ3v) is 2.38. The Balaban J connectivity index is 3.34. The molecule has 0 saturated heterocycles. The number of hydrogen-bond acceptors (Lipinski definition) is 0. The van der Waals surface area contributed by atoms with E-state index in [2.05, 4.69) is 27.2 Å². The molecule has 0 spiro atoms. The van der Waals surface area contributed by atoms with Crippen molar-refractivity contribution in [2.24, 2.45) is 5.92 Å². The van der Waals surface area contributed by atoms with Gasteiger partial charge in [0.05, 0.1) is 0 Å². The minimum Gasteiger partial charge on any atom is -0.0654 e. The van der Waals surface area contributed by atoms with Crippen LogP contribution < -0.4 is 0 Å². The molecule has 0 rings (SSSR count). The third kappa shape index (κ3) is 6.69. The molecule has 0 N–H and O–H groups in total. The number of hydrogen-bond donors (Lipinski definition) is 0. The lowest BCUT2D eigenvalue weighted by molar-refractivity contribution is 0.478. The average Bonchev–Trinajstić information content (AvgIpc) is 2.06. The molecule has 0 bridgehead atoms. The molecule has 0 aliphatic carbocycles. The summed E-state index contributed by atoms with van der Waals surface area (Å²) in [6.07, 6.45) is 12.1. The molecule has 0 aliphatic rings. The molecule has 0 aromatic heterocycles. The summed E-state index contributed by atoms with van der Waals surface area (Å²) in [5, 5.41) is 0. The summed E-state index contributed by atoms with van der Waals surface area (Å²) in [6.45, 7) is 6.84. The van der Waals surface area contributed by atoms with Gasteiger partial charge >= 0.3 is 0 Å². The molecule has 0 aromatic rings. The van der Waals surface area contributed by atoms with Crippen molar-refractivity contribution in [2.45, 2.75) is 65.7 Å². The maximum atomic E-state index is 2.55. The second-order valence-corrected chi connectivity index (χ2v) is 3.72. The molecule has 0 fully saturated rings. The average molecular weight is 169 g/mol. The fraction of sp³-hybridized carbons (Fsp3) is 0.917. The maximum absolute atomic E-state index is 2.55. The van der Waals surface area contributed by atoms with Crippen LogP contribution in [-0.2, 0) is 0 Å². The first-order valence-electron chi connectivity index (χ1n) is 5.68. The van der Waals surface area contributed by atoms with Gasteiger partial charge in [-0.25, -0.2) is 0 Å². The van der Waals surface area contributed by atoms with Crippen LogP contribution in [0.4, 0.5) is 0 Å². The van der Waals surface area contributed by atoms with Crippen molar-refractivity contribution in [1.29, 1.82) is 0 Å². The van der Waals surface area contributed by atoms with E-state index in [1.807, 2.05) is 0 Å². The second kappa shape index (κ2) is 9.09. The minimum atomic E-state index is 0.909. The minimum absolute atomic E-state index is 0.909. The van der Waals surface area contributed by atoms with E-state index in [1.54, 1.807) is 0 Å². The van der Waals surface area contributed by atoms with Crippen LogP contribution in [-0.4, -0.2) is 0 Å². The number of unbranched alkanes of at least 4 members (excludes halogenated alkanes) is 2. The van der Waals surface area contributed by atoms with Crippen molar-refractivity contribution in [3.05, 3.63) is 6.42 Å².